The van der Waals surface area contributed by atoms with Gasteiger partial charge in [0.15, 0.2) is 0 Å². The number of aliphatic hydroxyl groups is 2. The van der Waals surface area contributed by atoms with Gasteiger partial charge in [-0.1, -0.05) is 0 Å². The molecule has 1 aromatic rings. The zero-order valence-electron chi connectivity index (χ0n) is 17.9. The monoisotopic (exact) mass is 429 g/mol. The quantitative estimate of drug-likeness (QED) is 0.488. The highest BCUT2D eigenvalue weighted by Gasteiger charge is 2.41. The number of benzene rings is 1. The zero-order valence-corrected chi connectivity index (χ0v) is 17.9. The number of amides is 2. The van der Waals surface area contributed by atoms with Gasteiger partial charge in [-0.25, -0.2) is 0 Å². The van der Waals surface area contributed by atoms with Crippen LogP contribution in [0.3, 0.4) is 0 Å². The second kappa shape index (κ2) is 9.25. The van der Waals surface area contributed by atoms with Crippen LogP contribution in [0.25, 0.3) is 0 Å². The van der Waals surface area contributed by atoms with Gasteiger partial charge >= 0.3 is 0 Å². The molecule has 2 saturated heterocycles. The Kier molecular flexibility index (Phi) is 6.45. The van der Waals surface area contributed by atoms with Crippen LogP contribution in [-0.2, 0) is 9.59 Å². The number of carbonyl (C=O) groups is 2. The maximum Gasteiger partial charge on any atom is 0.264 e. The Morgan fingerprint density at radius 1 is 1.16 bits per heavy atom. The predicted molar refractivity (Wildman–Crippen MR) is 118 cm³/mol. The number of fused-ring (bicyclic) bond motifs is 1. The van der Waals surface area contributed by atoms with E-state index in [2.05, 4.69) is 25.3 Å². The van der Waals surface area contributed by atoms with Crippen molar-refractivity contribution in [1.82, 2.24) is 15.1 Å². The number of hydrogen-bond acceptors (Lipinski definition) is 7. The van der Waals surface area contributed by atoms with Crippen LogP contribution in [0.4, 0.5) is 11.4 Å². The van der Waals surface area contributed by atoms with Gasteiger partial charge in [0.05, 0.1) is 12.5 Å². The van der Waals surface area contributed by atoms with E-state index in [0.29, 0.717) is 18.8 Å². The molecule has 2 atom stereocenters. The lowest BCUT2D eigenvalue weighted by Gasteiger charge is -2.39. The molecule has 2 unspecified atom stereocenters. The molecule has 9 heteroatoms. The van der Waals surface area contributed by atoms with Crippen LogP contribution in [-0.4, -0.2) is 97.3 Å². The number of nitrogens with one attached hydrogen (secondary N) is 2. The fraction of sp³-hybridized carbons (Fsp3) is 0.545. The van der Waals surface area contributed by atoms with Gasteiger partial charge in [0.25, 0.3) is 11.8 Å². The fourth-order valence-corrected chi connectivity index (χ4v) is 4.65. The van der Waals surface area contributed by atoms with Gasteiger partial charge in [0, 0.05) is 56.7 Å². The molecule has 3 aliphatic heterocycles. The Hall–Kier alpha value is -2.62. The predicted octanol–water partition coefficient (Wildman–Crippen LogP) is 0.00160. The van der Waals surface area contributed by atoms with Crippen molar-refractivity contribution < 1.29 is 19.8 Å². The van der Waals surface area contributed by atoms with Gasteiger partial charge in [-0.3, -0.25) is 14.5 Å². The van der Waals surface area contributed by atoms with Crippen LogP contribution in [0.2, 0.25) is 0 Å². The molecule has 0 saturated carbocycles. The molecule has 0 spiro atoms. The van der Waals surface area contributed by atoms with Crippen LogP contribution < -0.4 is 15.5 Å². The van der Waals surface area contributed by atoms with Gasteiger partial charge in [-0.05, 0) is 44.3 Å². The van der Waals surface area contributed by atoms with E-state index in [1.165, 1.54) is 0 Å². The summed E-state index contributed by atoms with van der Waals surface area (Å²) in [5.74, 6) is -1.48. The number of hydrogen-bond donors (Lipinski definition) is 4. The lowest BCUT2D eigenvalue weighted by atomic mass is 9.85. The standard InChI is InChI=1S/C22H31N5O4/c1-25-7-6-18-17(14-25)20(29)19(22(31)24-18)21(30)23-15-2-4-16(5-3-15)27-10-8-26(9-11-27)12-13-28/h2-5,17-18,28-29H,6-14H2,1H3,(H,23,30)(H,24,31). The van der Waals surface area contributed by atoms with Crippen LogP contribution >= 0.6 is 0 Å². The van der Waals surface area contributed by atoms with Crippen molar-refractivity contribution in [3.8, 4) is 0 Å². The first-order valence-corrected chi connectivity index (χ1v) is 10.9. The van der Waals surface area contributed by atoms with Crippen molar-refractivity contribution >= 4 is 23.2 Å². The number of anilines is 2. The third kappa shape index (κ3) is 4.68. The van der Waals surface area contributed by atoms with Gasteiger partial charge in [-0.2, -0.15) is 0 Å². The molecule has 9 nitrogen and oxygen atoms in total. The molecule has 3 heterocycles. The third-order valence-electron chi connectivity index (χ3n) is 6.47. The van der Waals surface area contributed by atoms with Gasteiger partial charge in [-0.15, -0.1) is 0 Å². The van der Waals surface area contributed by atoms with E-state index in [1.807, 2.05) is 31.3 Å². The summed E-state index contributed by atoms with van der Waals surface area (Å²) >= 11 is 0. The molecule has 0 aromatic heterocycles. The van der Waals surface area contributed by atoms with Crippen molar-refractivity contribution in [2.45, 2.75) is 12.5 Å². The molecular weight excluding hydrogens is 398 g/mol. The number of β-amino-alcohol motifs (C(OH)–C–C–N with tert-alkyl or cyclic N) is 1. The molecule has 31 heavy (non-hydrogen) atoms. The molecule has 1 aromatic carbocycles. The minimum Gasteiger partial charge on any atom is -0.511 e. The SMILES string of the molecule is CN1CCC2NC(=O)C(C(=O)Nc3ccc(N4CCN(CCO)CC4)cc3)=C(O)C2C1. The smallest absolute Gasteiger partial charge is 0.264 e. The minimum atomic E-state index is -0.591. The molecule has 2 fully saturated rings. The van der Waals surface area contributed by atoms with Gasteiger partial charge in [0.1, 0.15) is 11.3 Å². The zero-order chi connectivity index (χ0) is 22.0. The summed E-state index contributed by atoms with van der Waals surface area (Å²) in [6.07, 6.45) is 0.752. The van der Waals surface area contributed by atoms with Crippen molar-refractivity contribution in [2.75, 3.05) is 69.7 Å². The number of nitrogens with zero attached hydrogens (tertiary/aromatic N) is 3. The summed E-state index contributed by atoms with van der Waals surface area (Å²) in [4.78, 5) is 31.9. The molecule has 0 aliphatic carbocycles. The Morgan fingerprint density at radius 2 is 1.87 bits per heavy atom. The Morgan fingerprint density at radius 3 is 2.55 bits per heavy atom. The van der Waals surface area contributed by atoms with E-state index in [1.54, 1.807) is 0 Å². The maximum absolute atomic E-state index is 12.8. The number of likely N-dealkylation sites (tertiary alicyclic amines) is 1. The molecule has 2 amide bonds. The topological polar surface area (TPSA) is 108 Å². The summed E-state index contributed by atoms with van der Waals surface area (Å²) in [6.45, 7) is 5.89. The van der Waals surface area contributed by atoms with Gasteiger partial charge in [0.2, 0.25) is 0 Å². The van der Waals surface area contributed by atoms with E-state index < -0.39 is 11.8 Å². The highest BCUT2D eigenvalue weighted by atomic mass is 16.3. The van der Waals surface area contributed by atoms with Crippen molar-refractivity contribution in [1.29, 1.82) is 0 Å². The first-order chi connectivity index (χ1) is 15.0. The number of piperidine rings is 1. The number of piperazine rings is 1. The highest BCUT2D eigenvalue weighted by Crippen LogP contribution is 2.29. The number of rotatable bonds is 5. The molecule has 0 radical (unpaired) electrons. The molecule has 4 N–H and O–H groups in total. The summed E-state index contributed by atoms with van der Waals surface area (Å²) in [5.41, 5.74) is 1.44. The maximum atomic E-state index is 12.8. The summed E-state index contributed by atoms with van der Waals surface area (Å²) in [7, 11) is 1.97. The Bertz CT molecular complexity index is 848. The molecule has 3 aliphatic rings. The summed E-state index contributed by atoms with van der Waals surface area (Å²) < 4.78 is 0. The minimum absolute atomic E-state index is 0.116. The van der Waals surface area contributed by atoms with E-state index in [0.717, 1.165) is 44.8 Å². The third-order valence-corrected chi connectivity index (χ3v) is 6.47. The van der Waals surface area contributed by atoms with Crippen LogP contribution in [0, 0.1) is 5.92 Å². The highest BCUT2D eigenvalue weighted by molar-refractivity contribution is 6.23. The van der Waals surface area contributed by atoms with Crippen molar-refractivity contribution in [3.05, 3.63) is 35.6 Å². The average molecular weight is 430 g/mol. The summed E-state index contributed by atoms with van der Waals surface area (Å²) in [6, 6.07) is 7.38. The molecule has 0 bridgehead atoms. The summed E-state index contributed by atoms with van der Waals surface area (Å²) in [5, 5.41) is 25.4. The molecule has 4 rings (SSSR count). The normalized spacial score (nSPS) is 25.2. The van der Waals surface area contributed by atoms with E-state index in [-0.39, 0.29) is 29.9 Å². The van der Waals surface area contributed by atoms with Crippen LogP contribution in [0.15, 0.2) is 35.6 Å². The Labute approximate surface area is 182 Å². The van der Waals surface area contributed by atoms with E-state index in [4.69, 9.17) is 5.11 Å². The van der Waals surface area contributed by atoms with Gasteiger partial charge < -0.3 is 30.6 Å². The fourth-order valence-electron chi connectivity index (χ4n) is 4.65. The lowest BCUT2D eigenvalue weighted by molar-refractivity contribution is -0.124. The lowest BCUT2D eigenvalue weighted by Crippen LogP contribution is -2.55. The second-order valence-electron chi connectivity index (χ2n) is 8.55. The van der Waals surface area contributed by atoms with E-state index in [9.17, 15) is 14.7 Å². The average Bonchev–Trinajstić information content (AvgIpc) is 2.76. The van der Waals surface area contributed by atoms with E-state index >= 15 is 0 Å². The number of carbonyl (C=O) groups excluding carboxylic acids is 2. The van der Waals surface area contributed by atoms with Crippen molar-refractivity contribution in [2.24, 2.45) is 5.92 Å². The molecular formula is C22H31N5O4. The van der Waals surface area contributed by atoms with Crippen molar-refractivity contribution in [3.63, 3.8) is 0 Å². The first-order valence-electron chi connectivity index (χ1n) is 10.9. The molecule has 168 valence electrons. The first kappa shape index (κ1) is 21.6. The van der Waals surface area contributed by atoms with Crippen LogP contribution in [0.1, 0.15) is 6.42 Å². The Balaban J connectivity index is 1.40. The second-order valence-corrected chi connectivity index (χ2v) is 8.55. The number of aliphatic hydroxyl groups excluding tert-OH is 2. The van der Waals surface area contributed by atoms with Crippen LogP contribution in [0.5, 0.6) is 0 Å². The largest absolute Gasteiger partial charge is 0.511 e.